The normalized spacial score (nSPS) is 17.4. The summed E-state index contributed by atoms with van der Waals surface area (Å²) in [5.41, 5.74) is 2.58. The lowest BCUT2D eigenvalue weighted by molar-refractivity contribution is -0.0227. The van der Waals surface area contributed by atoms with Crippen LogP contribution in [0, 0.1) is 5.82 Å². The molecule has 0 spiro atoms. The van der Waals surface area contributed by atoms with Gasteiger partial charge in [-0.1, -0.05) is 12.1 Å². The zero-order valence-corrected chi connectivity index (χ0v) is 14.6. The second-order valence-corrected chi connectivity index (χ2v) is 6.42. The summed E-state index contributed by atoms with van der Waals surface area (Å²) in [5.74, 6) is -0.469. The Morgan fingerprint density at radius 3 is 2.89 bits per heavy atom. The fourth-order valence-electron chi connectivity index (χ4n) is 3.21. The van der Waals surface area contributed by atoms with Crippen molar-refractivity contribution in [2.45, 2.75) is 12.5 Å². The van der Waals surface area contributed by atoms with Gasteiger partial charge in [-0.25, -0.2) is 13.9 Å². The van der Waals surface area contributed by atoms with Crippen molar-refractivity contribution in [1.82, 2.24) is 19.5 Å². The molecule has 1 atom stereocenters. The lowest BCUT2D eigenvalue weighted by atomic mass is 10.1. The molecule has 1 amide bonds. The van der Waals surface area contributed by atoms with Crippen molar-refractivity contribution >= 4 is 11.6 Å². The van der Waals surface area contributed by atoms with E-state index >= 15 is 0 Å². The largest absolute Gasteiger partial charge is 0.396 e. The van der Waals surface area contributed by atoms with Crippen molar-refractivity contribution in [3.63, 3.8) is 0 Å². The lowest BCUT2D eigenvalue weighted by Gasteiger charge is -2.33. The molecule has 0 radical (unpaired) electrons. The van der Waals surface area contributed by atoms with Crippen LogP contribution in [0.25, 0.3) is 5.65 Å². The first-order valence-electron chi connectivity index (χ1n) is 8.75. The molecule has 1 fully saturated rings. The molecular weight excluding hydrogens is 351 g/mol. The number of rotatable bonds is 4. The van der Waals surface area contributed by atoms with Gasteiger partial charge in [-0.3, -0.25) is 4.79 Å². The Bertz CT molecular complexity index is 957. The molecule has 0 aliphatic carbocycles. The molecule has 1 aromatic carbocycles. The van der Waals surface area contributed by atoms with Crippen molar-refractivity contribution in [2.75, 3.05) is 26.3 Å². The van der Waals surface area contributed by atoms with E-state index in [2.05, 4.69) is 10.1 Å². The van der Waals surface area contributed by atoms with Crippen molar-refractivity contribution in [3.8, 4) is 0 Å². The number of carbonyl (C=O) groups excluding carboxylic acids is 1. The summed E-state index contributed by atoms with van der Waals surface area (Å²) in [5, 5.41) is 13.3. The molecule has 1 saturated heterocycles. The van der Waals surface area contributed by atoms with Gasteiger partial charge < -0.3 is 14.7 Å². The maximum absolute atomic E-state index is 13.1. The first kappa shape index (κ1) is 17.6. The Kier molecular flexibility index (Phi) is 4.83. The van der Waals surface area contributed by atoms with Crippen LogP contribution in [0.3, 0.4) is 0 Å². The van der Waals surface area contributed by atoms with Crippen LogP contribution in [0.2, 0.25) is 0 Å². The predicted octanol–water partition coefficient (Wildman–Crippen LogP) is 1.62. The lowest BCUT2D eigenvalue weighted by Crippen LogP contribution is -2.42. The molecule has 0 unspecified atom stereocenters. The minimum Gasteiger partial charge on any atom is -0.396 e. The Morgan fingerprint density at radius 1 is 1.30 bits per heavy atom. The molecule has 0 bridgehead atoms. The highest BCUT2D eigenvalue weighted by atomic mass is 19.1. The summed E-state index contributed by atoms with van der Waals surface area (Å²) in [4.78, 5) is 19.0. The first-order valence-corrected chi connectivity index (χ1v) is 8.75. The second kappa shape index (κ2) is 7.42. The molecule has 8 heteroatoms. The molecule has 4 rings (SSSR count). The summed E-state index contributed by atoms with van der Waals surface area (Å²) in [6.07, 6.45) is 5.10. The van der Waals surface area contributed by atoms with Crippen LogP contribution < -0.4 is 0 Å². The summed E-state index contributed by atoms with van der Waals surface area (Å²) in [7, 11) is 0. The van der Waals surface area contributed by atoms with Crippen LogP contribution in [0.15, 0.2) is 42.9 Å². The number of ether oxygens (including phenoxy) is 1. The molecule has 0 saturated carbocycles. The number of halogens is 1. The van der Waals surface area contributed by atoms with Gasteiger partial charge in [-0.2, -0.15) is 5.10 Å². The molecule has 3 aromatic rings. The number of carbonyl (C=O) groups is 1. The van der Waals surface area contributed by atoms with Crippen LogP contribution in [0.1, 0.15) is 27.6 Å². The maximum Gasteiger partial charge on any atom is 0.259 e. The maximum atomic E-state index is 13.1. The van der Waals surface area contributed by atoms with Gasteiger partial charge in [-0.15, -0.1) is 0 Å². The van der Waals surface area contributed by atoms with E-state index in [0.717, 1.165) is 11.1 Å². The van der Waals surface area contributed by atoms with E-state index in [4.69, 9.17) is 9.84 Å². The molecule has 3 heterocycles. The molecule has 140 valence electrons. The first-order chi connectivity index (χ1) is 13.2. The molecular formula is C19H19FN4O3. The average Bonchev–Trinajstić information content (AvgIpc) is 3.11. The number of nitrogens with zero attached hydrogens (tertiary/aromatic N) is 4. The summed E-state index contributed by atoms with van der Waals surface area (Å²) in [6, 6.07) is 6.12. The zero-order valence-electron chi connectivity index (χ0n) is 14.6. The number of aromatic nitrogens is 3. The number of morpholine rings is 1. The van der Waals surface area contributed by atoms with E-state index in [-0.39, 0.29) is 24.4 Å². The second-order valence-electron chi connectivity index (χ2n) is 6.42. The number of fused-ring (bicyclic) bond motifs is 1. The van der Waals surface area contributed by atoms with Crippen LogP contribution in [0.5, 0.6) is 0 Å². The Hall–Kier alpha value is -2.84. The highest BCUT2D eigenvalue weighted by molar-refractivity contribution is 5.99. The number of hydrogen-bond donors (Lipinski definition) is 1. The number of aliphatic hydroxyl groups is 1. The quantitative estimate of drug-likeness (QED) is 0.755. The van der Waals surface area contributed by atoms with E-state index in [1.165, 1.54) is 18.3 Å². The van der Waals surface area contributed by atoms with E-state index < -0.39 is 0 Å². The van der Waals surface area contributed by atoms with E-state index in [9.17, 15) is 9.18 Å². The minimum absolute atomic E-state index is 0.0266. The molecule has 7 nitrogen and oxygen atoms in total. The topological polar surface area (TPSA) is 80.0 Å². The van der Waals surface area contributed by atoms with Gasteiger partial charge in [0.2, 0.25) is 0 Å². The van der Waals surface area contributed by atoms with Gasteiger partial charge in [0.15, 0.2) is 5.65 Å². The summed E-state index contributed by atoms with van der Waals surface area (Å²) < 4.78 is 20.4. The molecule has 1 aliphatic rings. The van der Waals surface area contributed by atoms with Gasteiger partial charge in [0.1, 0.15) is 17.5 Å². The number of benzene rings is 1. The van der Waals surface area contributed by atoms with Crippen molar-refractivity contribution in [1.29, 1.82) is 0 Å². The predicted molar refractivity (Wildman–Crippen MR) is 94.8 cm³/mol. The van der Waals surface area contributed by atoms with Crippen molar-refractivity contribution < 1.29 is 19.0 Å². The monoisotopic (exact) mass is 370 g/mol. The number of aliphatic hydroxyl groups excluding tert-OH is 1. The highest BCUT2D eigenvalue weighted by Crippen LogP contribution is 2.24. The third kappa shape index (κ3) is 3.54. The fourth-order valence-corrected chi connectivity index (χ4v) is 3.21. The minimum atomic E-state index is -0.305. The Balaban J connectivity index is 1.55. The summed E-state index contributed by atoms with van der Waals surface area (Å²) >= 11 is 0. The Morgan fingerprint density at radius 2 is 2.11 bits per heavy atom. The van der Waals surface area contributed by atoms with Gasteiger partial charge in [-0.05, 0) is 29.7 Å². The average molecular weight is 370 g/mol. The standard InChI is InChI=1S/C19H19FN4O3/c20-15-3-1-14(2-4-15)17-12-23(6-8-27-17)19(26)16-10-22-24-11-13(5-7-25)9-21-18(16)24/h1-4,9-11,17,25H,5-8,12H2/t17-/m0/s1. The molecule has 1 aliphatic heterocycles. The van der Waals surface area contributed by atoms with E-state index in [1.807, 2.05) is 0 Å². The Labute approximate surface area is 155 Å². The highest BCUT2D eigenvalue weighted by Gasteiger charge is 2.28. The van der Waals surface area contributed by atoms with Gasteiger partial charge in [0.05, 0.1) is 19.3 Å². The van der Waals surface area contributed by atoms with Crippen LogP contribution in [-0.4, -0.2) is 56.8 Å². The van der Waals surface area contributed by atoms with Crippen molar-refractivity contribution in [3.05, 3.63) is 65.4 Å². The van der Waals surface area contributed by atoms with Gasteiger partial charge >= 0.3 is 0 Å². The van der Waals surface area contributed by atoms with Crippen LogP contribution in [0.4, 0.5) is 4.39 Å². The van der Waals surface area contributed by atoms with E-state index in [1.54, 1.807) is 33.9 Å². The van der Waals surface area contributed by atoms with Gasteiger partial charge in [0, 0.05) is 25.5 Å². The zero-order chi connectivity index (χ0) is 18.8. The smallest absolute Gasteiger partial charge is 0.259 e. The third-order valence-electron chi connectivity index (χ3n) is 4.64. The number of amides is 1. The van der Waals surface area contributed by atoms with Gasteiger partial charge in [0.25, 0.3) is 5.91 Å². The summed E-state index contributed by atoms with van der Waals surface area (Å²) in [6.45, 7) is 1.28. The van der Waals surface area contributed by atoms with Crippen LogP contribution >= 0.6 is 0 Å². The number of hydrogen-bond acceptors (Lipinski definition) is 5. The third-order valence-corrected chi connectivity index (χ3v) is 4.64. The van der Waals surface area contributed by atoms with Crippen molar-refractivity contribution in [2.24, 2.45) is 0 Å². The van der Waals surface area contributed by atoms with Crippen LogP contribution in [-0.2, 0) is 11.2 Å². The molecule has 27 heavy (non-hydrogen) atoms. The van der Waals surface area contributed by atoms with E-state index in [0.29, 0.717) is 37.3 Å². The fraction of sp³-hybridized carbons (Fsp3) is 0.316. The molecule has 1 N–H and O–H groups in total. The molecule has 2 aromatic heterocycles. The SMILES string of the molecule is O=C(c1cnn2cc(CCO)cnc12)N1CCO[C@H](c2ccc(F)cc2)C1.